The predicted octanol–water partition coefficient (Wildman–Crippen LogP) is 4.34. The topological polar surface area (TPSA) is 74.8 Å². The second-order valence-electron chi connectivity index (χ2n) is 8.24. The molecule has 2 aromatic carbocycles. The molecule has 0 N–H and O–H groups in total. The van der Waals surface area contributed by atoms with Gasteiger partial charge in [-0.2, -0.15) is 0 Å². The van der Waals surface area contributed by atoms with Gasteiger partial charge in [0.1, 0.15) is 0 Å². The van der Waals surface area contributed by atoms with Crippen LogP contribution in [-0.2, 0) is 20.0 Å². The molecule has 0 radical (unpaired) electrons. The third-order valence-electron chi connectivity index (χ3n) is 5.82. The van der Waals surface area contributed by atoms with Crippen LogP contribution >= 0.6 is 0 Å². The zero-order valence-electron chi connectivity index (χ0n) is 18.4. The molecule has 2 aromatic rings. The smallest absolute Gasteiger partial charge is 0.264 e. The van der Waals surface area contributed by atoms with Crippen molar-refractivity contribution in [3.05, 3.63) is 83.2 Å². The highest BCUT2D eigenvalue weighted by molar-refractivity contribution is 7.89. The molecule has 0 saturated heterocycles. The zero-order chi connectivity index (χ0) is 22.9. The summed E-state index contributed by atoms with van der Waals surface area (Å²) in [6, 6.07) is 13.5. The summed E-state index contributed by atoms with van der Waals surface area (Å²) in [6.45, 7) is 4.45. The van der Waals surface area contributed by atoms with Crippen LogP contribution in [0.1, 0.15) is 36.8 Å². The Kier molecular flexibility index (Phi) is 6.18. The maximum absolute atomic E-state index is 13.5. The van der Waals surface area contributed by atoms with Gasteiger partial charge in [0.05, 0.1) is 21.2 Å². The Morgan fingerprint density at radius 1 is 0.594 bits per heavy atom. The minimum absolute atomic E-state index is 0.209. The molecule has 4 rings (SSSR count). The van der Waals surface area contributed by atoms with Gasteiger partial charge in [-0.3, -0.25) is 8.61 Å². The number of hydrogen-bond donors (Lipinski definition) is 0. The van der Waals surface area contributed by atoms with Crippen molar-refractivity contribution < 1.29 is 16.8 Å². The van der Waals surface area contributed by atoms with E-state index in [-0.39, 0.29) is 9.79 Å². The summed E-state index contributed by atoms with van der Waals surface area (Å²) in [4.78, 5) is 0.417. The highest BCUT2D eigenvalue weighted by Gasteiger charge is 2.36. The van der Waals surface area contributed by atoms with Gasteiger partial charge in [-0.25, -0.2) is 16.8 Å². The number of hydrogen-bond acceptors (Lipinski definition) is 4. The van der Waals surface area contributed by atoms with E-state index < -0.39 is 20.0 Å². The molecule has 0 spiro atoms. The van der Waals surface area contributed by atoms with Gasteiger partial charge in [0.25, 0.3) is 20.0 Å². The normalized spacial score (nSPS) is 17.7. The Bertz CT molecular complexity index is 1160. The third kappa shape index (κ3) is 4.21. The van der Waals surface area contributed by atoms with Gasteiger partial charge in [0.2, 0.25) is 0 Å². The summed E-state index contributed by atoms with van der Waals surface area (Å²) in [5.74, 6) is 0. The summed E-state index contributed by atoms with van der Waals surface area (Å²) in [7, 11) is -7.63. The molecule has 0 aromatic heterocycles. The van der Waals surface area contributed by atoms with Gasteiger partial charge < -0.3 is 0 Å². The Morgan fingerprint density at radius 3 is 1.28 bits per heavy atom. The molecule has 0 amide bonds. The number of nitrogens with zero attached hydrogens (tertiary/aromatic N) is 2. The van der Waals surface area contributed by atoms with Crippen LogP contribution in [0.2, 0.25) is 0 Å². The highest BCUT2D eigenvalue weighted by atomic mass is 32.2. The average molecular weight is 473 g/mol. The quantitative estimate of drug-likeness (QED) is 0.649. The molecule has 32 heavy (non-hydrogen) atoms. The molecule has 2 aliphatic heterocycles. The molecule has 0 atom stereocenters. The average Bonchev–Trinajstić information content (AvgIpc) is 2.80. The number of rotatable bonds is 5. The first-order valence-electron chi connectivity index (χ1n) is 10.8. The number of sulfonamides is 2. The summed E-state index contributed by atoms with van der Waals surface area (Å²) >= 11 is 0. The van der Waals surface area contributed by atoms with E-state index >= 15 is 0 Å². The number of allylic oxidation sites excluding steroid dienone is 2. The predicted molar refractivity (Wildman–Crippen MR) is 125 cm³/mol. The lowest BCUT2D eigenvalue weighted by Gasteiger charge is -2.37. The lowest BCUT2D eigenvalue weighted by molar-refractivity contribution is 0.405. The first kappa shape index (κ1) is 22.6. The van der Waals surface area contributed by atoms with E-state index in [0.717, 1.165) is 11.1 Å². The van der Waals surface area contributed by atoms with Crippen molar-refractivity contribution in [2.75, 3.05) is 13.1 Å². The number of aryl methyl sites for hydroxylation is 2. The SMILES string of the molecule is Cc1ccc(S(=O)(=O)N2CCCC=C2C2=CCCCN2S(=O)(=O)c2ccc(C)cc2)cc1. The standard InChI is InChI=1S/C24H28N2O4S2/c1-19-9-13-21(14-10-19)31(27,28)25-17-5-3-7-23(25)24-8-4-6-18-26(24)32(29,30)22-15-11-20(2)12-16-22/h7-16H,3-6,17-18H2,1-2H3. The molecule has 0 bridgehead atoms. The fourth-order valence-corrected chi connectivity index (χ4v) is 7.09. The zero-order valence-corrected chi connectivity index (χ0v) is 20.0. The monoisotopic (exact) mass is 472 g/mol. The fraction of sp³-hybridized carbons (Fsp3) is 0.333. The van der Waals surface area contributed by atoms with Crippen molar-refractivity contribution in [3.63, 3.8) is 0 Å². The summed E-state index contributed by atoms with van der Waals surface area (Å²) in [5.41, 5.74) is 2.85. The Labute approximate surface area is 191 Å². The molecular weight excluding hydrogens is 444 g/mol. The van der Waals surface area contributed by atoms with Crippen LogP contribution in [0.15, 0.2) is 81.9 Å². The Balaban J connectivity index is 1.75. The first-order valence-corrected chi connectivity index (χ1v) is 13.7. The van der Waals surface area contributed by atoms with Gasteiger partial charge in [-0.05, 0) is 63.8 Å². The van der Waals surface area contributed by atoms with Crippen LogP contribution in [0.25, 0.3) is 0 Å². The lowest BCUT2D eigenvalue weighted by atomic mass is 10.1. The van der Waals surface area contributed by atoms with Crippen molar-refractivity contribution in [2.24, 2.45) is 0 Å². The fourth-order valence-electron chi connectivity index (χ4n) is 4.03. The molecule has 6 nitrogen and oxygen atoms in total. The second kappa shape index (κ2) is 8.75. The van der Waals surface area contributed by atoms with E-state index in [9.17, 15) is 16.8 Å². The van der Waals surface area contributed by atoms with E-state index in [4.69, 9.17) is 0 Å². The molecule has 2 aliphatic rings. The van der Waals surface area contributed by atoms with Crippen LogP contribution in [0.5, 0.6) is 0 Å². The van der Waals surface area contributed by atoms with Crippen LogP contribution in [0.3, 0.4) is 0 Å². The van der Waals surface area contributed by atoms with Crippen molar-refractivity contribution in [1.29, 1.82) is 0 Å². The largest absolute Gasteiger partial charge is 0.265 e. The van der Waals surface area contributed by atoms with Gasteiger partial charge in [-0.15, -0.1) is 0 Å². The molecule has 0 aliphatic carbocycles. The molecule has 170 valence electrons. The first-order chi connectivity index (χ1) is 15.2. The van der Waals surface area contributed by atoms with Crippen molar-refractivity contribution in [2.45, 2.75) is 49.3 Å². The van der Waals surface area contributed by atoms with Crippen LogP contribution in [0.4, 0.5) is 0 Å². The van der Waals surface area contributed by atoms with Gasteiger partial charge in [0, 0.05) is 13.1 Å². The molecule has 2 heterocycles. The summed E-state index contributed by atoms with van der Waals surface area (Å²) in [5, 5.41) is 0. The Hall–Kier alpha value is -2.58. The van der Waals surface area contributed by atoms with Crippen molar-refractivity contribution in [3.8, 4) is 0 Å². The minimum atomic E-state index is -3.81. The van der Waals surface area contributed by atoms with E-state index in [2.05, 4.69) is 0 Å². The third-order valence-corrected chi connectivity index (χ3v) is 9.48. The van der Waals surface area contributed by atoms with E-state index in [1.54, 1.807) is 48.5 Å². The molecular formula is C24H28N2O4S2. The van der Waals surface area contributed by atoms with Gasteiger partial charge in [0.15, 0.2) is 0 Å². The van der Waals surface area contributed by atoms with Crippen LogP contribution in [0, 0.1) is 13.8 Å². The summed E-state index contributed by atoms with van der Waals surface area (Å²) in [6.07, 6.45) is 6.48. The molecule has 0 fully saturated rings. The number of benzene rings is 2. The maximum Gasteiger partial charge on any atom is 0.264 e. The summed E-state index contributed by atoms with van der Waals surface area (Å²) < 4.78 is 56.8. The maximum atomic E-state index is 13.5. The van der Waals surface area contributed by atoms with E-state index in [1.165, 1.54) is 8.61 Å². The van der Waals surface area contributed by atoms with E-state index in [1.807, 2.05) is 26.0 Å². The highest BCUT2D eigenvalue weighted by Crippen LogP contribution is 2.35. The molecule has 0 saturated carbocycles. The van der Waals surface area contributed by atoms with Crippen molar-refractivity contribution in [1.82, 2.24) is 8.61 Å². The Morgan fingerprint density at radius 2 is 0.938 bits per heavy atom. The van der Waals surface area contributed by atoms with Crippen LogP contribution in [-0.4, -0.2) is 38.5 Å². The lowest BCUT2D eigenvalue weighted by Crippen LogP contribution is -2.41. The molecule has 8 heteroatoms. The molecule has 0 unspecified atom stereocenters. The van der Waals surface area contributed by atoms with Gasteiger partial charge >= 0.3 is 0 Å². The van der Waals surface area contributed by atoms with E-state index in [0.29, 0.717) is 50.2 Å². The van der Waals surface area contributed by atoms with Crippen molar-refractivity contribution >= 4 is 20.0 Å². The van der Waals surface area contributed by atoms with Crippen LogP contribution < -0.4 is 0 Å². The van der Waals surface area contributed by atoms with Gasteiger partial charge in [-0.1, -0.05) is 47.5 Å². The minimum Gasteiger partial charge on any atom is -0.265 e. The second-order valence-corrected chi connectivity index (χ2v) is 12.0.